The Bertz CT molecular complexity index is 737. The van der Waals surface area contributed by atoms with Crippen LogP contribution in [0.3, 0.4) is 0 Å². The van der Waals surface area contributed by atoms with Gasteiger partial charge in [-0.15, -0.1) is 0 Å². The first-order valence-corrected chi connectivity index (χ1v) is 8.64. The first-order chi connectivity index (χ1) is 12.5. The van der Waals surface area contributed by atoms with Gasteiger partial charge in [-0.1, -0.05) is 12.1 Å². The Labute approximate surface area is 151 Å². The zero-order valence-electron chi connectivity index (χ0n) is 14.7. The lowest BCUT2D eigenvalue weighted by atomic mass is 10.1. The van der Waals surface area contributed by atoms with Crippen molar-refractivity contribution < 1.29 is 29.2 Å². The molecule has 4 rings (SSSR count). The fraction of sp³-hybridized carbons (Fsp3) is 0.400. The monoisotopic (exact) mass is 358 g/mol. The predicted molar refractivity (Wildman–Crippen MR) is 92.8 cm³/mol. The molecule has 4 unspecified atom stereocenters. The van der Waals surface area contributed by atoms with Crippen LogP contribution in [0.4, 0.5) is 0 Å². The third-order valence-corrected chi connectivity index (χ3v) is 4.82. The Kier molecular flexibility index (Phi) is 4.58. The number of rotatable bonds is 2. The quantitative estimate of drug-likeness (QED) is 0.858. The van der Waals surface area contributed by atoms with Crippen molar-refractivity contribution in [2.45, 2.75) is 38.6 Å². The van der Waals surface area contributed by atoms with Crippen LogP contribution < -0.4 is 0 Å². The molecule has 2 aromatic carbocycles. The van der Waals surface area contributed by atoms with E-state index in [9.17, 15) is 10.2 Å². The summed E-state index contributed by atoms with van der Waals surface area (Å²) < 4.78 is 23.7. The Hall–Kier alpha value is -2.12. The van der Waals surface area contributed by atoms with Gasteiger partial charge >= 0.3 is 0 Å². The minimum atomic E-state index is -0.504. The lowest BCUT2D eigenvalue weighted by Crippen LogP contribution is -2.49. The molecule has 26 heavy (non-hydrogen) atoms. The number of phenols is 2. The molecule has 0 aromatic heterocycles. The number of phenolic OH excluding ortho intramolecular Hbond substituents is 2. The predicted octanol–water partition coefficient (Wildman–Crippen LogP) is 3.24. The van der Waals surface area contributed by atoms with Gasteiger partial charge in [0.1, 0.15) is 23.7 Å². The normalized spacial score (nSPS) is 28.5. The molecule has 0 bridgehead atoms. The van der Waals surface area contributed by atoms with Crippen LogP contribution >= 0.6 is 0 Å². The van der Waals surface area contributed by atoms with E-state index in [1.54, 1.807) is 24.3 Å². The highest BCUT2D eigenvalue weighted by Crippen LogP contribution is 2.36. The molecule has 2 aromatic rings. The molecule has 2 aliphatic heterocycles. The van der Waals surface area contributed by atoms with E-state index in [1.807, 2.05) is 26.0 Å². The minimum Gasteiger partial charge on any atom is -0.508 e. The van der Waals surface area contributed by atoms with Gasteiger partial charge < -0.3 is 29.2 Å². The van der Waals surface area contributed by atoms with Gasteiger partial charge in [-0.05, 0) is 49.2 Å². The van der Waals surface area contributed by atoms with Gasteiger partial charge in [-0.2, -0.15) is 0 Å². The van der Waals surface area contributed by atoms with Crippen molar-refractivity contribution >= 4 is 0 Å². The van der Waals surface area contributed by atoms with Crippen LogP contribution in [0, 0.1) is 13.8 Å². The Balaban J connectivity index is 1.43. The summed E-state index contributed by atoms with van der Waals surface area (Å²) in [4.78, 5) is 0. The molecule has 0 spiro atoms. The zero-order chi connectivity index (χ0) is 18.3. The van der Waals surface area contributed by atoms with Crippen molar-refractivity contribution in [2.24, 2.45) is 0 Å². The number of aryl methyl sites for hydroxylation is 2. The molecule has 2 N–H and O–H groups in total. The SMILES string of the molecule is Cc1cc(C2OCC3OC(c4ccc(O)c(C)c4)OCC3O2)ccc1O. The van der Waals surface area contributed by atoms with Crippen molar-refractivity contribution in [2.75, 3.05) is 13.2 Å². The maximum absolute atomic E-state index is 9.67. The maximum Gasteiger partial charge on any atom is 0.184 e. The van der Waals surface area contributed by atoms with Crippen molar-refractivity contribution in [3.8, 4) is 11.5 Å². The molecule has 2 aliphatic rings. The first-order valence-electron chi connectivity index (χ1n) is 8.64. The molecule has 0 saturated carbocycles. The van der Waals surface area contributed by atoms with E-state index in [-0.39, 0.29) is 23.7 Å². The topological polar surface area (TPSA) is 77.4 Å². The van der Waals surface area contributed by atoms with Crippen LogP contribution in [0.15, 0.2) is 36.4 Å². The summed E-state index contributed by atoms with van der Waals surface area (Å²) in [5.41, 5.74) is 3.26. The molecular formula is C20H22O6. The lowest BCUT2D eigenvalue weighted by Gasteiger charge is -2.42. The number of hydrogen-bond acceptors (Lipinski definition) is 6. The summed E-state index contributed by atoms with van der Waals surface area (Å²) in [5.74, 6) is 0.498. The van der Waals surface area contributed by atoms with Crippen LogP contribution in [0.1, 0.15) is 34.8 Å². The number of aromatic hydroxyl groups is 2. The highest BCUT2D eigenvalue weighted by Gasteiger charge is 2.39. The Morgan fingerprint density at radius 3 is 1.54 bits per heavy atom. The highest BCUT2D eigenvalue weighted by molar-refractivity contribution is 5.36. The van der Waals surface area contributed by atoms with Gasteiger partial charge in [-0.3, -0.25) is 0 Å². The van der Waals surface area contributed by atoms with Crippen molar-refractivity contribution in [1.29, 1.82) is 0 Å². The van der Waals surface area contributed by atoms with E-state index in [1.165, 1.54) is 0 Å². The Morgan fingerprint density at radius 2 is 1.15 bits per heavy atom. The smallest absolute Gasteiger partial charge is 0.184 e. The fourth-order valence-corrected chi connectivity index (χ4v) is 3.23. The van der Waals surface area contributed by atoms with E-state index < -0.39 is 12.6 Å². The van der Waals surface area contributed by atoms with E-state index in [0.717, 1.165) is 22.3 Å². The molecule has 2 heterocycles. The van der Waals surface area contributed by atoms with Crippen LogP contribution in [0.5, 0.6) is 11.5 Å². The van der Waals surface area contributed by atoms with Crippen LogP contribution in [-0.2, 0) is 18.9 Å². The summed E-state index contributed by atoms with van der Waals surface area (Å²) in [6, 6.07) is 10.6. The standard InChI is InChI=1S/C20H22O6/c1-11-7-13(3-5-15(11)21)19-23-9-18-17(25-19)10-24-20(26-18)14-4-6-16(22)12(2)8-14/h3-8,17-22H,9-10H2,1-2H3. The molecular weight excluding hydrogens is 336 g/mol. The van der Waals surface area contributed by atoms with Gasteiger partial charge in [0.2, 0.25) is 0 Å². The molecule has 138 valence electrons. The first kappa shape index (κ1) is 17.3. The van der Waals surface area contributed by atoms with Crippen molar-refractivity contribution in [1.82, 2.24) is 0 Å². The summed E-state index contributed by atoms with van der Waals surface area (Å²) in [6.45, 7) is 4.46. The average Bonchev–Trinajstić information content (AvgIpc) is 2.65. The van der Waals surface area contributed by atoms with Gasteiger partial charge in [0.25, 0.3) is 0 Å². The number of ether oxygens (including phenoxy) is 4. The van der Waals surface area contributed by atoms with E-state index in [4.69, 9.17) is 18.9 Å². The van der Waals surface area contributed by atoms with Crippen LogP contribution in [0.2, 0.25) is 0 Å². The molecule has 4 atom stereocenters. The van der Waals surface area contributed by atoms with Gasteiger partial charge in [0.05, 0.1) is 13.2 Å². The molecule has 0 radical (unpaired) electrons. The average molecular weight is 358 g/mol. The van der Waals surface area contributed by atoms with E-state index in [0.29, 0.717) is 13.2 Å². The molecule has 2 saturated heterocycles. The maximum atomic E-state index is 9.67. The number of hydrogen-bond donors (Lipinski definition) is 2. The molecule has 6 nitrogen and oxygen atoms in total. The molecule has 0 aliphatic carbocycles. The minimum absolute atomic E-state index is 0.225. The molecule has 0 amide bonds. The second-order valence-corrected chi connectivity index (χ2v) is 6.77. The van der Waals surface area contributed by atoms with Crippen molar-refractivity contribution in [3.05, 3.63) is 58.7 Å². The third kappa shape index (κ3) is 3.29. The summed E-state index contributed by atoms with van der Waals surface area (Å²) in [5, 5.41) is 19.3. The van der Waals surface area contributed by atoms with Crippen LogP contribution in [-0.4, -0.2) is 35.6 Å². The van der Waals surface area contributed by atoms with E-state index in [2.05, 4.69) is 0 Å². The zero-order valence-corrected chi connectivity index (χ0v) is 14.7. The third-order valence-electron chi connectivity index (χ3n) is 4.82. The van der Waals surface area contributed by atoms with E-state index >= 15 is 0 Å². The second-order valence-electron chi connectivity index (χ2n) is 6.77. The fourth-order valence-electron chi connectivity index (χ4n) is 3.23. The largest absolute Gasteiger partial charge is 0.508 e. The highest BCUT2D eigenvalue weighted by atomic mass is 16.8. The van der Waals surface area contributed by atoms with Crippen LogP contribution in [0.25, 0.3) is 0 Å². The van der Waals surface area contributed by atoms with Gasteiger partial charge in [-0.25, -0.2) is 0 Å². The summed E-state index contributed by atoms with van der Waals surface area (Å²) in [7, 11) is 0. The Morgan fingerprint density at radius 1 is 0.731 bits per heavy atom. The second kappa shape index (κ2) is 6.89. The van der Waals surface area contributed by atoms with Gasteiger partial charge in [0, 0.05) is 11.1 Å². The lowest BCUT2D eigenvalue weighted by molar-refractivity contribution is -0.342. The molecule has 6 heteroatoms. The summed E-state index contributed by atoms with van der Waals surface area (Å²) >= 11 is 0. The number of benzene rings is 2. The van der Waals surface area contributed by atoms with Crippen molar-refractivity contribution in [3.63, 3.8) is 0 Å². The summed E-state index contributed by atoms with van der Waals surface area (Å²) in [6.07, 6.45) is -1.46. The number of fused-ring (bicyclic) bond motifs is 1. The van der Waals surface area contributed by atoms with Gasteiger partial charge in [0.15, 0.2) is 12.6 Å². The molecule has 2 fully saturated rings.